The van der Waals surface area contributed by atoms with E-state index in [2.05, 4.69) is 12.2 Å². The Kier molecular flexibility index (Phi) is 4.34. The smallest absolute Gasteiger partial charge is 0.343 e. The molecule has 1 aliphatic rings. The van der Waals surface area contributed by atoms with Crippen molar-refractivity contribution in [1.29, 1.82) is 0 Å². The van der Waals surface area contributed by atoms with Gasteiger partial charge in [-0.25, -0.2) is 4.79 Å². The lowest BCUT2D eigenvalue weighted by Crippen LogP contribution is -2.23. The lowest BCUT2D eigenvalue weighted by molar-refractivity contribution is -0.385. The molecular formula is C14H18N2O4. The topological polar surface area (TPSA) is 92.5 Å². The predicted octanol–water partition coefficient (Wildman–Crippen LogP) is 2.43. The van der Waals surface area contributed by atoms with Gasteiger partial charge in [0.1, 0.15) is 5.56 Å². The Morgan fingerprint density at radius 2 is 2.25 bits per heavy atom. The lowest BCUT2D eigenvalue weighted by atomic mass is 10.0. The summed E-state index contributed by atoms with van der Waals surface area (Å²) in [4.78, 5) is 21.5. The quantitative estimate of drug-likeness (QED) is 0.590. The average molecular weight is 278 g/mol. The first kappa shape index (κ1) is 14.5. The molecule has 2 rings (SSSR count). The maximum absolute atomic E-state index is 11.2. The molecule has 6 heteroatoms. The molecule has 1 atom stereocenters. The van der Waals surface area contributed by atoms with Crippen LogP contribution in [0.2, 0.25) is 0 Å². The van der Waals surface area contributed by atoms with E-state index in [4.69, 9.17) is 5.11 Å². The summed E-state index contributed by atoms with van der Waals surface area (Å²) >= 11 is 0. The van der Waals surface area contributed by atoms with Crippen molar-refractivity contribution in [2.75, 3.05) is 6.54 Å². The van der Waals surface area contributed by atoms with Gasteiger partial charge in [0.2, 0.25) is 0 Å². The van der Waals surface area contributed by atoms with Gasteiger partial charge in [-0.3, -0.25) is 10.1 Å². The molecule has 108 valence electrons. The van der Waals surface area contributed by atoms with Crippen molar-refractivity contribution in [3.8, 4) is 0 Å². The Bertz CT molecular complexity index is 526. The normalized spacial score (nSPS) is 15.8. The molecule has 1 aromatic carbocycles. The van der Waals surface area contributed by atoms with Crippen LogP contribution in [0.15, 0.2) is 18.2 Å². The van der Waals surface area contributed by atoms with Gasteiger partial charge in [-0.05, 0) is 36.8 Å². The summed E-state index contributed by atoms with van der Waals surface area (Å²) < 4.78 is 0. The van der Waals surface area contributed by atoms with Gasteiger partial charge in [0, 0.05) is 12.6 Å². The SMILES string of the molecule is CC(CNCc1cccc([N+](=O)[O-])c1C(=O)O)C1CC1. The molecule has 0 saturated heterocycles. The third-order valence-electron chi connectivity index (χ3n) is 3.75. The fourth-order valence-electron chi connectivity index (χ4n) is 2.40. The third kappa shape index (κ3) is 3.33. The van der Waals surface area contributed by atoms with Gasteiger partial charge < -0.3 is 10.4 Å². The Morgan fingerprint density at radius 1 is 1.55 bits per heavy atom. The second-order valence-electron chi connectivity index (χ2n) is 5.32. The Morgan fingerprint density at radius 3 is 2.80 bits per heavy atom. The number of benzene rings is 1. The zero-order valence-electron chi connectivity index (χ0n) is 11.3. The number of nitro benzene ring substituents is 1. The summed E-state index contributed by atoms with van der Waals surface area (Å²) in [5.41, 5.74) is -0.120. The van der Waals surface area contributed by atoms with Crippen molar-refractivity contribution in [2.45, 2.75) is 26.3 Å². The fourth-order valence-corrected chi connectivity index (χ4v) is 2.40. The molecule has 0 aromatic heterocycles. The van der Waals surface area contributed by atoms with Gasteiger partial charge >= 0.3 is 5.97 Å². The van der Waals surface area contributed by atoms with Crippen LogP contribution in [0.25, 0.3) is 0 Å². The highest BCUT2D eigenvalue weighted by atomic mass is 16.6. The monoisotopic (exact) mass is 278 g/mol. The number of hydrogen-bond acceptors (Lipinski definition) is 4. The molecule has 0 radical (unpaired) electrons. The number of carboxylic acid groups (broad SMARTS) is 1. The number of aromatic carboxylic acids is 1. The molecule has 20 heavy (non-hydrogen) atoms. The summed E-state index contributed by atoms with van der Waals surface area (Å²) in [5, 5.41) is 23.2. The number of nitro groups is 1. The zero-order valence-corrected chi connectivity index (χ0v) is 11.3. The van der Waals surface area contributed by atoms with Gasteiger partial charge in [0.25, 0.3) is 5.69 Å². The second-order valence-corrected chi connectivity index (χ2v) is 5.32. The van der Waals surface area contributed by atoms with Crippen LogP contribution in [-0.2, 0) is 6.54 Å². The molecule has 0 aliphatic heterocycles. The zero-order chi connectivity index (χ0) is 14.7. The molecule has 1 fully saturated rings. The highest BCUT2D eigenvalue weighted by Gasteiger charge is 2.28. The van der Waals surface area contributed by atoms with Crippen LogP contribution in [0.4, 0.5) is 5.69 Å². The van der Waals surface area contributed by atoms with Gasteiger partial charge in [0.05, 0.1) is 4.92 Å². The third-order valence-corrected chi connectivity index (χ3v) is 3.75. The van der Waals surface area contributed by atoms with Crippen LogP contribution in [0.5, 0.6) is 0 Å². The molecule has 1 saturated carbocycles. The van der Waals surface area contributed by atoms with E-state index in [-0.39, 0.29) is 11.3 Å². The molecule has 1 aromatic rings. The number of nitrogens with zero attached hydrogens (tertiary/aromatic N) is 1. The summed E-state index contributed by atoms with van der Waals surface area (Å²) in [6.07, 6.45) is 2.53. The first-order valence-electron chi connectivity index (χ1n) is 6.71. The van der Waals surface area contributed by atoms with E-state index >= 15 is 0 Å². The number of rotatable bonds is 7. The Balaban J connectivity index is 2.07. The molecule has 1 unspecified atom stereocenters. The highest BCUT2D eigenvalue weighted by Crippen LogP contribution is 2.36. The van der Waals surface area contributed by atoms with Gasteiger partial charge in [-0.15, -0.1) is 0 Å². The van der Waals surface area contributed by atoms with E-state index in [1.165, 1.54) is 25.0 Å². The minimum Gasteiger partial charge on any atom is -0.477 e. The van der Waals surface area contributed by atoms with Crippen molar-refractivity contribution >= 4 is 11.7 Å². The summed E-state index contributed by atoms with van der Waals surface area (Å²) in [6.45, 7) is 3.29. The molecule has 0 spiro atoms. The van der Waals surface area contributed by atoms with Gasteiger partial charge in [-0.2, -0.15) is 0 Å². The standard InChI is InChI=1S/C14H18N2O4/c1-9(10-5-6-10)7-15-8-11-3-2-4-12(16(19)20)13(11)14(17)18/h2-4,9-10,15H,5-8H2,1H3,(H,17,18). The van der Waals surface area contributed by atoms with E-state index in [0.29, 0.717) is 18.0 Å². The summed E-state index contributed by atoms with van der Waals surface area (Å²) in [5.74, 6) is 0.0675. The van der Waals surface area contributed by atoms with E-state index in [0.717, 1.165) is 12.5 Å². The maximum atomic E-state index is 11.2. The number of nitrogens with one attached hydrogen (secondary N) is 1. The van der Waals surface area contributed by atoms with E-state index < -0.39 is 10.9 Å². The fraction of sp³-hybridized carbons (Fsp3) is 0.500. The molecular weight excluding hydrogens is 260 g/mol. The van der Waals surface area contributed by atoms with Crippen molar-refractivity contribution in [3.05, 3.63) is 39.4 Å². The first-order valence-corrected chi connectivity index (χ1v) is 6.71. The van der Waals surface area contributed by atoms with Crippen molar-refractivity contribution in [2.24, 2.45) is 11.8 Å². The molecule has 1 aliphatic carbocycles. The van der Waals surface area contributed by atoms with E-state index in [1.807, 2.05) is 0 Å². The average Bonchev–Trinajstić information content (AvgIpc) is 3.22. The Labute approximate surface area is 117 Å². The second kappa shape index (κ2) is 6.00. The van der Waals surface area contributed by atoms with Crippen LogP contribution in [-0.4, -0.2) is 22.5 Å². The van der Waals surface area contributed by atoms with Gasteiger partial charge in [0.15, 0.2) is 0 Å². The summed E-state index contributed by atoms with van der Waals surface area (Å²) in [7, 11) is 0. The van der Waals surface area contributed by atoms with E-state index in [1.54, 1.807) is 6.07 Å². The van der Waals surface area contributed by atoms with Crippen molar-refractivity contribution in [3.63, 3.8) is 0 Å². The van der Waals surface area contributed by atoms with Crippen LogP contribution >= 0.6 is 0 Å². The molecule has 0 amide bonds. The van der Waals surface area contributed by atoms with Crippen LogP contribution in [0.3, 0.4) is 0 Å². The van der Waals surface area contributed by atoms with Crippen LogP contribution in [0, 0.1) is 22.0 Å². The minimum absolute atomic E-state index is 0.218. The largest absolute Gasteiger partial charge is 0.477 e. The molecule has 0 bridgehead atoms. The lowest BCUT2D eigenvalue weighted by Gasteiger charge is -2.12. The molecule has 6 nitrogen and oxygen atoms in total. The van der Waals surface area contributed by atoms with Crippen LogP contribution in [0.1, 0.15) is 35.7 Å². The van der Waals surface area contributed by atoms with Gasteiger partial charge in [-0.1, -0.05) is 19.1 Å². The Hall–Kier alpha value is -1.95. The number of carboxylic acids is 1. The first-order chi connectivity index (χ1) is 9.50. The van der Waals surface area contributed by atoms with Crippen molar-refractivity contribution < 1.29 is 14.8 Å². The number of hydrogen-bond donors (Lipinski definition) is 2. The van der Waals surface area contributed by atoms with Crippen LogP contribution < -0.4 is 5.32 Å². The highest BCUT2D eigenvalue weighted by molar-refractivity contribution is 5.94. The van der Waals surface area contributed by atoms with E-state index in [9.17, 15) is 14.9 Å². The minimum atomic E-state index is -1.26. The number of carbonyl (C=O) groups is 1. The maximum Gasteiger partial charge on any atom is 0.343 e. The summed E-state index contributed by atoms with van der Waals surface area (Å²) in [6, 6.07) is 4.36. The molecule has 0 heterocycles. The predicted molar refractivity (Wildman–Crippen MR) is 73.7 cm³/mol. The van der Waals surface area contributed by atoms with Crippen molar-refractivity contribution in [1.82, 2.24) is 5.32 Å². The molecule has 2 N–H and O–H groups in total.